The molecule has 0 aliphatic rings. The predicted molar refractivity (Wildman–Crippen MR) is 85.8 cm³/mol. The van der Waals surface area contributed by atoms with E-state index in [-0.39, 0.29) is 10.6 Å². The normalized spacial score (nSPS) is 11.4. The molecule has 2 aromatic rings. The Hall–Kier alpha value is -1.76. The number of nitrogen functional groups attached to an aromatic ring is 1. The van der Waals surface area contributed by atoms with Gasteiger partial charge in [-0.3, -0.25) is 0 Å². The predicted octanol–water partition coefficient (Wildman–Crippen LogP) is 2.21. The van der Waals surface area contributed by atoms with Crippen molar-refractivity contribution in [2.24, 2.45) is 5.14 Å². The summed E-state index contributed by atoms with van der Waals surface area (Å²) in [5.41, 5.74) is 7.72. The molecule has 21 heavy (non-hydrogen) atoms. The summed E-state index contributed by atoms with van der Waals surface area (Å²) in [7, 11) is -1.92. The van der Waals surface area contributed by atoms with Crippen LogP contribution in [0.15, 0.2) is 47.4 Å². The Morgan fingerprint density at radius 3 is 2.48 bits per heavy atom. The summed E-state index contributed by atoms with van der Waals surface area (Å²) in [6.45, 7) is 0.620. The van der Waals surface area contributed by atoms with Crippen LogP contribution < -0.4 is 15.8 Å². The molecule has 7 heteroatoms. The van der Waals surface area contributed by atoms with Crippen LogP contribution in [0.1, 0.15) is 5.56 Å². The van der Waals surface area contributed by atoms with Gasteiger partial charge < -0.3 is 10.6 Å². The molecule has 2 aromatic carbocycles. The van der Waals surface area contributed by atoms with Crippen molar-refractivity contribution >= 4 is 33.0 Å². The average Bonchev–Trinajstić information content (AvgIpc) is 2.37. The first-order valence-corrected chi connectivity index (χ1v) is 8.08. The number of halogens is 1. The van der Waals surface area contributed by atoms with Crippen molar-refractivity contribution in [3.63, 3.8) is 0 Å². The van der Waals surface area contributed by atoms with E-state index in [1.165, 1.54) is 6.07 Å². The molecule has 0 atom stereocenters. The Morgan fingerprint density at radius 2 is 1.90 bits per heavy atom. The lowest BCUT2D eigenvalue weighted by Gasteiger charge is -2.20. The standard InChI is InChI=1S/C14H16ClN3O2S/c1-18(9-10-3-2-4-11(15)7-10)12-5-6-14(13(16)8-12)21(17,19)20/h2-8H,9,16H2,1H3,(H2,17,19,20). The van der Waals surface area contributed by atoms with E-state index < -0.39 is 10.0 Å². The number of hydrogen-bond acceptors (Lipinski definition) is 4. The third-order valence-electron chi connectivity index (χ3n) is 3.05. The Balaban J connectivity index is 2.24. The van der Waals surface area contributed by atoms with Crippen LogP contribution >= 0.6 is 11.6 Å². The van der Waals surface area contributed by atoms with E-state index in [1.54, 1.807) is 12.1 Å². The van der Waals surface area contributed by atoms with Gasteiger partial charge in [-0.1, -0.05) is 23.7 Å². The quantitative estimate of drug-likeness (QED) is 0.843. The van der Waals surface area contributed by atoms with Crippen molar-refractivity contribution < 1.29 is 8.42 Å². The summed E-state index contributed by atoms with van der Waals surface area (Å²) in [6.07, 6.45) is 0. The van der Waals surface area contributed by atoms with Gasteiger partial charge in [-0.25, -0.2) is 13.6 Å². The van der Waals surface area contributed by atoms with Crippen LogP contribution in [-0.2, 0) is 16.6 Å². The molecule has 0 bridgehead atoms. The Kier molecular flexibility index (Phi) is 4.41. The van der Waals surface area contributed by atoms with Crippen molar-refractivity contribution in [2.45, 2.75) is 11.4 Å². The molecule has 0 aliphatic carbocycles. The lowest BCUT2D eigenvalue weighted by molar-refractivity contribution is 0.598. The fourth-order valence-electron chi connectivity index (χ4n) is 2.03. The Labute approximate surface area is 129 Å². The first kappa shape index (κ1) is 15.6. The molecule has 0 fully saturated rings. The first-order chi connectivity index (χ1) is 9.77. The lowest BCUT2D eigenvalue weighted by atomic mass is 10.2. The molecule has 4 N–H and O–H groups in total. The fraction of sp³-hybridized carbons (Fsp3) is 0.143. The molecular weight excluding hydrogens is 310 g/mol. The highest BCUT2D eigenvalue weighted by molar-refractivity contribution is 7.89. The topological polar surface area (TPSA) is 89.4 Å². The van der Waals surface area contributed by atoms with Crippen molar-refractivity contribution in [1.82, 2.24) is 0 Å². The zero-order chi connectivity index (χ0) is 15.6. The smallest absolute Gasteiger partial charge is 0.240 e. The van der Waals surface area contributed by atoms with Gasteiger partial charge in [-0.05, 0) is 35.9 Å². The summed E-state index contributed by atoms with van der Waals surface area (Å²) in [5.74, 6) is 0. The molecule has 0 unspecified atom stereocenters. The number of nitrogens with zero attached hydrogens (tertiary/aromatic N) is 1. The second kappa shape index (κ2) is 5.93. The van der Waals surface area contributed by atoms with Crippen molar-refractivity contribution in [3.05, 3.63) is 53.1 Å². The van der Waals surface area contributed by atoms with Crippen LogP contribution in [0.3, 0.4) is 0 Å². The first-order valence-electron chi connectivity index (χ1n) is 6.15. The molecule has 0 amide bonds. The third-order valence-corrected chi connectivity index (χ3v) is 4.27. The number of primary sulfonamides is 1. The zero-order valence-corrected chi connectivity index (χ0v) is 13.0. The van der Waals surface area contributed by atoms with E-state index in [0.717, 1.165) is 11.3 Å². The average molecular weight is 326 g/mol. The Morgan fingerprint density at radius 1 is 1.19 bits per heavy atom. The molecule has 5 nitrogen and oxygen atoms in total. The maximum Gasteiger partial charge on any atom is 0.240 e. The van der Waals surface area contributed by atoms with Crippen LogP contribution in [0.4, 0.5) is 11.4 Å². The summed E-state index contributed by atoms with van der Waals surface area (Å²) in [5, 5.41) is 5.76. The number of hydrogen-bond donors (Lipinski definition) is 2. The second-order valence-corrected chi connectivity index (χ2v) is 6.72. The van der Waals surface area contributed by atoms with Gasteiger partial charge in [0.15, 0.2) is 0 Å². The van der Waals surface area contributed by atoms with Gasteiger partial charge >= 0.3 is 0 Å². The summed E-state index contributed by atoms with van der Waals surface area (Å²) < 4.78 is 22.7. The van der Waals surface area contributed by atoms with Gasteiger partial charge in [0.05, 0.1) is 5.69 Å². The minimum absolute atomic E-state index is 0.0672. The van der Waals surface area contributed by atoms with E-state index in [4.69, 9.17) is 22.5 Å². The zero-order valence-electron chi connectivity index (χ0n) is 11.5. The monoisotopic (exact) mass is 325 g/mol. The van der Waals surface area contributed by atoms with E-state index in [1.807, 2.05) is 36.2 Å². The van der Waals surface area contributed by atoms with Gasteiger partial charge in [0.2, 0.25) is 10.0 Å². The van der Waals surface area contributed by atoms with Crippen LogP contribution in [0.25, 0.3) is 0 Å². The molecule has 112 valence electrons. The largest absolute Gasteiger partial charge is 0.398 e. The Bertz CT molecular complexity index is 763. The lowest BCUT2D eigenvalue weighted by Crippen LogP contribution is -2.18. The summed E-state index contributed by atoms with van der Waals surface area (Å²) in [4.78, 5) is 1.87. The minimum atomic E-state index is -3.80. The summed E-state index contributed by atoms with van der Waals surface area (Å²) >= 11 is 5.95. The maximum absolute atomic E-state index is 11.3. The van der Waals surface area contributed by atoms with Gasteiger partial charge in [0, 0.05) is 24.3 Å². The molecular formula is C14H16ClN3O2S. The molecule has 0 radical (unpaired) electrons. The van der Waals surface area contributed by atoms with Gasteiger partial charge in [0.25, 0.3) is 0 Å². The van der Waals surface area contributed by atoms with Crippen molar-refractivity contribution in [1.29, 1.82) is 0 Å². The van der Waals surface area contributed by atoms with Gasteiger partial charge in [-0.15, -0.1) is 0 Å². The number of sulfonamides is 1. The van der Waals surface area contributed by atoms with Crippen molar-refractivity contribution in [2.75, 3.05) is 17.7 Å². The van der Waals surface area contributed by atoms with Crippen molar-refractivity contribution in [3.8, 4) is 0 Å². The molecule has 0 saturated carbocycles. The molecule has 0 saturated heterocycles. The van der Waals surface area contributed by atoms with Gasteiger partial charge in [0.1, 0.15) is 4.90 Å². The number of benzene rings is 2. The highest BCUT2D eigenvalue weighted by atomic mass is 35.5. The van der Waals surface area contributed by atoms with Gasteiger partial charge in [-0.2, -0.15) is 0 Å². The fourth-order valence-corrected chi connectivity index (χ4v) is 2.89. The van der Waals surface area contributed by atoms with Crippen LogP contribution in [-0.4, -0.2) is 15.5 Å². The summed E-state index contributed by atoms with van der Waals surface area (Å²) in [6, 6.07) is 12.2. The molecule has 2 rings (SSSR count). The number of rotatable bonds is 4. The van der Waals surface area contributed by atoms with E-state index in [2.05, 4.69) is 0 Å². The number of anilines is 2. The van der Waals surface area contributed by atoms with E-state index >= 15 is 0 Å². The maximum atomic E-state index is 11.3. The highest BCUT2D eigenvalue weighted by Crippen LogP contribution is 2.24. The molecule has 0 spiro atoms. The second-order valence-electron chi connectivity index (χ2n) is 4.75. The van der Waals surface area contributed by atoms with E-state index in [9.17, 15) is 8.42 Å². The molecule has 0 heterocycles. The van der Waals surface area contributed by atoms with Crippen LogP contribution in [0.2, 0.25) is 5.02 Å². The number of nitrogens with two attached hydrogens (primary N) is 2. The minimum Gasteiger partial charge on any atom is -0.398 e. The van der Waals surface area contributed by atoms with Crippen LogP contribution in [0, 0.1) is 0 Å². The third kappa shape index (κ3) is 3.87. The molecule has 0 aromatic heterocycles. The SMILES string of the molecule is CN(Cc1cccc(Cl)c1)c1ccc(S(N)(=O)=O)c(N)c1. The molecule has 0 aliphatic heterocycles. The van der Waals surface area contributed by atoms with Crippen LogP contribution in [0.5, 0.6) is 0 Å². The van der Waals surface area contributed by atoms with E-state index in [0.29, 0.717) is 11.6 Å². The highest BCUT2D eigenvalue weighted by Gasteiger charge is 2.13.